The smallest absolute Gasteiger partial charge is 0.256 e. The second-order valence-electron chi connectivity index (χ2n) is 7.02. The first kappa shape index (κ1) is 19.9. The van der Waals surface area contributed by atoms with E-state index in [2.05, 4.69) is 38.8 Å². The largest absolute Gasteiger partial charge is 0.497 e. The van der Waals surface area contributed by atoms with Crippen LogP contribution in [0.2, 0.25) is 0 Å². The average molecular weight is 383 g/mol. The van der Waals surface area contributed by atoms with Crippen LogP contribution in [0.5, 0.6) is 5.75 Å². The zero-order valence-electron chi connectivity index (χ0n) is 17.0. The van der Waals surface area contributed by atoms with Crippen LogP contribution in [0.15, 0.2) is 36.7 Å². The van der Waals surface area contributed by atoms with Gasteiger partial charge in [-0.1, -0.05) is 13.3 Å². The summed E-state index contributed by atoms with van der Waals surface area (Å²) in [5.41, 5.74) is 1.73. The van der Waals surface area contributed by atoms with Gasteiger partial charge in [-0.3, -0.25) is 4.79 Å². The van der Waals surface area contributed by atoms with Gasteiger partial charge in [-0.15, -0.1) is 0 Å². The normalized spacial score (nSPS) is 14.1. The summed E-state index contributed by atoms with van der Waals surface area (Å²) in [5.74, 6) is 1.53. The quantitative estimate of drug-likeness (QED) is 0.733. The minimum Gasteiger partial charge on any atom is -0.497 e. The van der Waals surface area contributed by atoms with E-state index >= 15 is 0 Å². The minimum absolute atomic E-state index is 0.0238. The third-order valence-corrected chi connectivity index (χ3v) is 5.08. The van der Waals surface area contributed by atoms with Gasteiger partial charge in [0.1, 0.15) is 5.75 Å². The second kappa shape index (κ2) is 9.39. The number of piperazine rings is 1. The van der Waals surface area contributed by atoms with E-state index in [9.17, 15) is 4.79 Å². The van der Waals surface area contributed by atoms with Crippen LogP contribution >= 0.6 is 0 Å². The number of anilines is 2. The van der Waals surface area contributed by atoms with Gasteiger partial charge in [-0.25, -0.2) is 9.97 Å². The van der Waals surface area contributed by atoms with Crippen LogP contribution in [-0.4, -0.2) is 67.7 Å². The summed E-state index contributed by atoms with van der Waals surface area (Å²) < 4.78 is 5.22. The Hall–Kier alpha value is -2.83. The number of carbonyl (C=O) groups is 1. The van der Waals surface area contributed by atoms with Crippen molar-refractivity contribution in [1.29, 1.82) is 0 Å². The molecule has 2 heterocycles. The molecule has 1 aliphatic rings. The zero-order valence-corrected chi connectivity index (χ0v) is 17.0. The number of ether oxygens (including phenoxy) is 1. The molecular formula is C21H29N5O2. The van der Waals surface area contributed by atoms with Crippen LogP contribution in [0.3, 0.4) is 0 Å². The van der Waals surface area contributed by atoms with Crippen molar-refractivity contribution in [2.45, 2.75) is 19.8 Å². The SMILES string of the molecule is CCCCN(C)C(=O)c1cnc(N2CCN(c3ccc(OC)cc3)CC2)nc1. The Morgan fingerprint density at radius 1 is 1.07 bits per heavy atom. The highest BCUT2D eigenvalue weighted by Crippen LogP contribution is 2.21. The van der Waals surface area contributed by atoms with E-state index in [4.69, 9.17) is 4.74 Å². The average Bonchev–Trinajstić information content (AvgIpc) is 2.77. The fraction of sp³-hybridized carbons (Fsp3) is 0.476. The van der Waals surface area contributed by atoms with Gasteiger partial charge in [-0.2, -0.15) is 0 Å². The molecule has 1 amide bonds. The Morgan fingerprint density at radius 2 is 1.68 bits per heavy atom. The van der Waals surface area contributed by atoms with Gasteiger partial charge < -0.3 is 19.4 Å². The Bertz CT molecular complexity index is 755. The molecule has 0 radical (unpaired) electrons. The molecule has 0 N–H and O–H groups in total. The summed E-state index contributed by atoms with van der Waals surface area (Å²) in [4.78, 5) is 27.5. The van der Waals surface area contributed by atoms with E-state index in [1.165, 1.54) is 5.69 Å². The number of rotatable bonds is 7. The molecule has 1 saturated heterocycles. The van der Waals surface area contributed by atoms with Crippen molar-refractivity contribution in [2.24, 2.45) is 0 Å². The van der Waals surface area contributed by atoms with E-state index in [1.54, 1.807) is 24.4 Å². The molecule has 150 valence electrons. The first-order chi connectivity index (χ1) is 13.6. The number of methoxy groups -OCH3 is 1. The first-order valence-electron chi connectivity index (χ1n) is 9.84. The van der Waals surface area contributed by atoms with Crippen LogP contribution in [0.1, 0.15) is 30.1 Å². The number of nitrogens with zero attached hydrogens (tertiary/aromatic N) is 5. The number of benzene rings is 1. The highest BCUT2D eigenvalue weighted by atomic mass is 16.5. The molecule has 1 aliphatic heterocycles. The standard InChI is InChI=1S/C21H29N5O2/c1-4-5-10-24(2)20(27)17-15-22-21(23-16-17)26-13-11-25(12-14-26)18-6-8-19(28-3)9-7-18/h6-9,15-16H,4-5,10-14H2,1-3H3. The zero-order chi connectivity index (χ0) is 19.9. The molecule has 0 aliphatic carbocycles. The van der Waals surface area contributed by atoms with Gasteiger partial charge in [0.05, 0.1) is 12.7 Å². The molecule has 0 atom stereocenters. The van der Waals surface area contributed by atoms with Crippen LogP contribution in [0, 0.1) is 0 Å². The van der Waals surface area contributed by atoms with Crippen LogP contribution < -0.4 is 14.5 Å². The van der Waals surface area contributed by atoms with Crippen LogP contribution in [0.25, 0.3) is 0 Å². The van der Waals surface area contributed by atoms with Crippen molar-refractivity contribution in [3.8, 4) is 5.75 Å². The number of unbranched alkanes of at least 4 members (excludes halogenated alkanes) is 1. The number of aromatic nitrogens is 2. The maximum atomic E-state index is 12.4. The molecule has 28 heavy (non-hydrogen) atoms. The van der Waals surface area contributed by atoms with Crippen molar-refractivity contribution in [1.82, 2.24) is 14.9 Å². The van der Waals surface area contributed by atoms with E-state index in [0.29, 0.717) is 11.5 Å². The fourth-order valence-corrected chi connectivity index (χ4v) is 3.27. The van der Waals surface area contributed by atoms with Crippen molar-refractivity contribution in [3.05, 3.63) is 42.2 Å². The lowest BCUT2D eigenvalue weighted by Gasteiger charge is -2.36. The molecule has 0 spiro atoms. The third-order valence-electron chi connectivity index (χ3n) is 5.08. The Balaban J connectivity index is 1.56. The topological polar surface area (TPSA) is 61.8 Å². The lowest BCUT2D eigenvalue weighted by Crippen LogP contribution is -2.47. The summed E-state index contributed by atoms with van der Waals surface area (Å²) in [6.07, 6.45) is 5.35. The third kappa shape index (κ3) is 4.71. The maximum absolute atomic E-state index is 12.4. The van der Waals surface area contributed by atoms with Gasteiger partial charge in [0.25, 0.3) is 5.91 Å². The highest BCUT2D eigenvalue weighted by molar-refractivity contribution is 5.93. The lowest BCUT2D eigenvalue weighted by molar-refractivity contribution is 0.0792. The van der Waals surface area contributed by atoms with E-state index < -0.39 is 0 Å². The molecule has 0 bridgehead atoms. The van der Waals surface area contributed by atoms with Crippen molar-refractivity contribution >= 4 is 17.5 Å². The van der Waals surface area contributed by atoms with E-state index in [-0.39, 0.29) is 5.91 Å². The van der Waals surface area contributed by atoms with E-state index in [1.807, 2.05) is 19.2 Å². The van der Waals surface area contributed by atoms with Gasteiger partial charge in [0, 0.05) is 57.9 Å². The van der Waals surface area contributed by atoms with E-state index in [0.717, 1.165) is 51.3 Å². The summed E-state index contributed by atoms with van der Waals surface area (Å²) in [6, 6.07) is 8.14. The van der Waals surface area contributed by atoms with Crippen molar-refractivity contribution in [2.75, 3.05) is 56.7 Å². The van der Waals surface area contributed by atoms with Crippen LogP contribution in [-0.2, 0) is 0 Å². The Labute approximate surface area is 166 Å². The molecule has 0 saturated carbocycles. The van der Waals surface area contributed by atoms with Crippen molar-refractivity contribution in [3.63, 3.8) is 0 Å². The molecule has 7 heteroatoms. The fourth-order valence-electron chi connectivity index (χ4n) is 3.27. The number of amides is 1. The highest BCUT2D eigenvalue weighted by Gasteiger charge is 2.20. The predicted octanol–water partition coefficient (Wildman–Crippen LogP) is 2.68. The second-order valence-corrected chi connectivity index (χ2v) is 7.02. The summed E-state index contributed by atoms with van der Waals surface area (Å²) in [7, 11) is 3.50. The molecule has 1 fully saturated rings. The number of hydrogen-bond donors (Lipinski definition) is 0. The van der Waals surface area contributed by atoms with Crippen molar-refractivity contribution < 1.29 is 9.53 Å². The monoisotopic (exact) mass is 383 g/mol. The van der Waals surface area contributed by atoms with Gasteiger partial charge in [0.2, 0.25) is 5.95 Å². The summed E-state index contributed by atoms with van der Waals surface area (Å²) in [5, 5.41) is 0. The van der Waals surface area contributed by atoms with Crippen LogP contribution in [0.4, 0.5) is 11.6 Å². The number of hydrogen-bond acceptors (Lipinski definition) is 6. The summed E-state index contributed by atoms with van der Waals surface area (Å²) >= 11 is 0. The van der Waals surface area contributed by atoms with Gasteiger partial charge in [-0.05, 0) is 30.7 Å². The Kier molecular flexibility index (Phi) is 6.68. The van der Waals surface area contributed by atoms with Gasteiger partial charge >= 0.3 is 0 Å². The van der Waals surface area contributed by atoms with Gasteiger partial charge in [0.15, 0.2) is 0 Å². The molecule has 7 nitrogen and oxygen atoms in total. The molecule has 2 aromatic rings. The molecule has 1 aromatic heterocycles. The molecule has 3 rings (SSSR count). The summed E-state index contributed by atoms with van der Waals surface area (Å²) in [6.45, 7) is 6.35. The molecule has 1 aromatic carbocycles. The lowest BCUT2D eigenvalue weighted by atomic mass is 10.2. The number of carbonyl (C=O) groups excluding carboxylic acids is 1. The molecular weight excluding hydrogens is 354 g/mol. The maximum Gasteiger partial charge on any atom is 0.256 e. The Morgan fingerprint density at radius 3 is 2.25 bits per heavy atom. The first-order valence-corrected chi connectivity index (χ1v) is 9.84. The minimum atomic E-state index is -0.0238. The molecule has 0 unspecified atom stereocenters. The predicted molar refractivity (Wildman–Crippen MR) is 111 cm³/mol.